The SMILES string of the molecule is Cc1coc(-c2cccc(NC(=O)C3(N)CC3)c2)n1.Cl. The molecule has 0 radical (unpaired) electrons. The van der Waals surface area contributed by atoms with Crippen molar-refractivity contribution in [2.24, 2.45) is 5.73 Å². The van der Waals surface area contributed by atoms with Gasteiger partial charge in [0.25, 0.3) is 0 Å². The van der Waals surface area contributed by atoms with Crippen LogP contribution in [-0.4, -0.2) is 16.4 Å². The van der Waals surface area contributed by atoms with Crippen LogP contribution in [0.5, 0.6) is 0 Å². The summed E-state index contributed by atoms with van der Waals surface area (Å²) in [5.41, 5.74) is 7.53. The van der Waals surface area contributed by atoms with Crippen molar-refractivity contribution in [2.75, 3.05) is 5.32 Å². The van der Waals surface area contributed by atoms with E-state index in [4.69, 9.17) is 10.2 Å². The van der Waals surface area contributed by atoms with Crippen LogP contribution in [0, 0.1) is 6.92 Å². The van der Waals surface area contributed by atoms with E-state index in [1.165, 1.54) is 0 Å². The lowest BCUT2D eigenvalue weighted by Gasteiger charge is -2.10. The Morgan fingerprint density at radius 1 is 1.45 bits per heavy atom. The van der Waals surface area contributed by atoms with E-state index in [2.05, 4.69) is 10.3 Å². The van der Waals surface area contributed by atoms with Gasteiger partial charge >= 0.3 is 0 Å². The Bertz CT molecular complexity index is 635. The first-order valence-electron chi connectivity index (χ1n) is 6.20. The Morgan fingerprint density at radius 2 is 2.20 bits per heavy atom. The van der Waals surface area contributed by atoms with Crippen LogP contribution < -0.4 is 11.1 Å². The van der Waals surface area contributed by atoms with Gasteiger partial charge < -0.3 is 15.5 Å². The normalized spacial score (nSPS) is 15.3. The average molecular weight is 294 g/mol. The Labute approximate surface area is 123 Å². The number of carbonyl (C=O) groups is 1. The predicted octanol–water partition coefficient (Wildman–Crippen LogP) is 2.50. The topological polar surface area (TPSA) is 81.2 Å². The molecule has 1 fully saturated rings. The molecule has 0 unspecified atom stereocenters. The quantitative estimate of drug-likeness (QED) is 0.911. The van der Waals surface area contributed by atoms with E-state index in [1.807, 2.05) is 31.2 Å². The molecule has 5 nitrogen and oxygen atoms in total. The molecular weight excluding hydrogens is 278 g/mol. The molecule has 0 bridgehead atoms. The predicted molar refractivity (Wildman–Crippen MR) is 78.7 cm³/mol. The lowest BCUT2D eigenvalue weighted by molar-refractivity contribution is -0.118. The fourth-order valence-corrected chi connectivity index (χ4v) is 1.83. The molecule has 1 aliphatic rings. The van der Waals surface area contributed by atoms with E-state index >= 15 is 0 Å². The van der Waals surface area contributed by atoms with Gasteiger partial charge in [-0.05, 0) is 38.0 Å². The Hall–Kier alpha value is -1.85. The van der Waals surface area contributed by atoms with Crippen molar-refractivity contribution in [1.82, 2.24) is 4.98 Å². The maximum atomic E-state index is 11.9. The number of carbonyl (C=O) groups excluding carboxylic acids is 1. The molecule has 106 valence electrons. The summed E-state index contributed by atoms with van der Waals surface area (Å²) >= 11 is 0. The highest BCUT2D eigenvalue weighted by Crippen LogP contribution is 2.33. The van der Waals surface area contributed by atoms with Crippen molar-refractivity contribution in [3.05, 3.63) is 36.2 Å². The highest BCUT2D eigenvalue weighted by molar-refractivity contribution is 6.00. The molecule has 6 heteroatoms. The highest BCUT2D eigenvalue weighted by atomic mass is 35.5. The third kappa shape index (κ3) is 2.84. The molecule has 1 heterocycles. The van der Waals surface area contributed by atoms with Crippen LogP contribution in [0.2, 0.25) is 0 Å². The molecule has 1 amide bonds. The number of amides is 1. The minimum Gasteiger partial charge on any atom is -0.444 e. The van der Waals surface area contributed by atoms with Gasteiger partial charge in [0.05, 0.1) is 11.2 Å². The second-order valence-corrected chi connectivity index (χ2v) is 4.99. The monoisotopic (exact) mass is 293 g/mol. The summed E-state index contributed by atoms with van der Waals surface area (Å²) in [6.07, 6.45) is 3.09. The standard InChI is InChI=1S/C14H15N3O2.ClH/c1-9-8-19-12(16-9)10-3-2-4-11(7-10)17-13(18)14(15)5-6-14;/h2-4,7-8H,5-6,15H2,1H3,(H,17,18);1H. The number of aryl methyl sites for hydroxylation is 1. The summed E-state index contributed by atoms with van der Waals surface area (Å²) < 4.78 is 5.34. The lowest BCUT2D eigenvalue weighted by Crippen LogP contribution is -2.37. The molecule has 0 saturated heterocycles. The van der Waals surface area contributed by atoms with Crippen LogP contribution in [0.15, 0.2) is 34.9 Å². The molecule has 1 aromatic heterocycles. The number of halogens is 1. The number of hydrogen-bond donors (Lipinski definition) is 2. The van der Waals surface area contributed by atoms with Crippen molar-refractivity contribution in [1.29, 1.82) is 0 Å². The number of aromatic nitrogens is 1. The van der Waals surface area contributed by atoms with E-state index in [1.54, 1.807) is 6.26 Å². The summed E-state index contributed by atoms with van der Waals surface area (Å²) in [6, 6.07) is 7.38. The van der Waals surface area contributed by atoms with Crippen LogP contribution in [0.3, 0.4) is 0 Å². The van der Waals surface area contributed by atoms with Crippen molar-refractivity contribution in [2.45, 2.75) is 25.3 Å². The van der Waals surface area contributed by atoms with E-state index in [9.17, 15) is 4.79 Å². The number of benzene rings is 1. The van der Waals surface area contributed by atoms with Crippen molar-refractivity contribution in [3.8, 4) is 11.5 Å². The number of rotatable bonds is 3. The molecule has 1 saturated carbocycles. The number of nitrogens with zero attached hydrogens (tertiary/aromatic N) is 1. The van der Waals surface area contributed by atoms with E-state index in [0.717, 1.165) is 24.1 Å². The molecule has 0 aliphatic heterocycles. The van der Waals surface area contributed by atoms with Crippen LogP contribution in [0.4, 0.5) is 5.69 Å². The van der Waals surface area contributed by atoms with Gasteiger partial charge in [-0.2, -0.15) is 0 Å². The Balaban J connectivity index is 0.00000147. The van der Waals surface area contributed by atoms with Crippen LogP contribution in [0.25, 0.3) is 11.5 Å². The van der Waals surface area contributed by atoms with Gasteiger partial charge in [-0.3, -0.25) is 4.79 Å². The number of nitrogens with one attached hydrogen (secondary N) is 1. The van der Waals surface area contributed by atoms with Crippen LogP contribution in [-0.2, 0) is 4.79 Å². The summed E-state index contributed by atoms with van der Waals surface area (Å²) in [4.78, 5) is 16.1. The Kier molecular flexibility index (Phi) is 3.83. The zero-order chi connectivity index (χ0) is 13.5. The zero-order valence-electron chi connectivity index (χ0n) is 11.1. The third-order valence-corrected chi connectivity index (χ3v) is 3.23. The molecule has 1 aliphatic carbocycles. The highest BCUT2D eigenvalue weighted by Gasteiger charge is 2.45. The lowest BCUT2D eigenvalue weighted by atomic mass is 10.2. The van der Waals surface area contributed by atoms with Gasteiger partial charge in [0.1, 0.15) is 6.26 Å². The largest absolute Gasteiger partial charge is 0.444 e. The molecule has 2 aromatic rings. The molecular formula is C14H16ClN3O2. The van der Waals surface area contributed by atoms with Gasteiger partial charge in [0.2, 0.25) is 11.8 Å². The molecule has 3 rings (SSSR count). The number of nitrogens with two attached hydrogens (primary N) is 1. The second kappa shape index (κ2) is 5.26. The van der Waals surface area contributed by atoms with Gasteiger partial charge in [0, 0.05) is 11.3 Å². The maximum Gasteiger partial charge on any atom is 0.244 e. The van der Waals surface area contributed by atoms with Crippen LogP contribution in [0.1, 0.15) is 18.5 Å². The molecule has 0 spiro atoms. The van der Waals surface area contributed by atoms with Gasteiger partial charge in [-0.15, -0.1) is 12.4 Å². The average Bonchev–Trinajstić information content (AvgIpc) is 2.99. The minimum atomic E-state index is -0.671. The first-order chi connectivity index (χ1) is 9.07. The smallest absolute Gasteiger partial charge is 0.244 e. The fourth-order valence-electron chi connectivity index (χ4n) is 1.83. The number of anilines is 1. The molecule has 0 atom stereocenters. The molecule has 3 N–H and O–H groups in total. The molecule has 20 heavy (non-hydrogen) atoms. The van der Waals surface area contributed by atoms with Gasteiger partial charge in [0.15, 0.2) is 0 Å². The Morgan fingerprint density at radius 3 is 2.80 bits per heavy atom. The van der Waals surface area contributed by atoms with E-state index in [0.29, 0.717) is 11.6 Å². The number of hydrogen-bond acceptors (Lipinski definition) is 4. The van der Waals surface area contributed by atoms with Crippen LogP contribution >= 0.6 is 12.4 Å². The summed E-state index contributed by atoms with van der Waals surface area (Å²) in [7, 11) is 0. The summed E-state index contributed by atoms with van der Waals surface area (Å²) in [5.74, 6) is 0.413. The van der Waals surface area contributed by atoms with Crippen molar-refractivity contribution in [3.63, 3.8) is 0 Å². The first-order valence-corrected chi connectivity index (χ1v) is 6.20. The van der Waals surface area contributed by atoms with E-state index in [-0.39, 0.29) is 18.3 Å². The third-order valence-electron chi connectivity index (χ3n) is 3.23. The van der Waals surface area contributed by atoms with E-state index < -0.39 is 5.54 Å². The first kappa shape index (κ1) is 14.6. The van der Waals surface area contributed by atoms with Gasteiger partial charge in [-0.25, -0.2) is 4.98 Å². The minimum absolute atomic E-state index is 0. The zero-order valence-corrected chi connectivity index (χ0v) is 11.9. The van der Waals surface area contributed by atoms with Crippen molar-refractivity contribution >= 4 is 24.0 Å². The maximum absolute atomic E-state index is 11.9. The molecule has 1 aromatic carbocycles. The fraction of sp³-hybridized carbons (Fsp3) is 0.286. The summed E-state index contributed by atoms with van der Waals surface area (Å²) in [6.45, 7) is 1.86. The van der Waals surface area contributed by atoms with Gasteiger partial charge in [-0.1, -0.05) is 6.07 Å². The second-order valence-electron chi connectivity index (χ2n) is 4.99. The number of oxazole rings is 1. The van der Waals surface area contributed by atoms with Crippen molar-refractivity contribution < 1.29 is 9.21 Å². The summed E-state index contributed by atoms with van der Waals surface area (Å²) in [5, 5.41) is 2.83.